The summed E-state index contributed by atoms with van der Waals surface area (Å²) in [5, 5.41) is 3.24. The number of nitrogens with one attached hydrogen (secondary N) is 1. The molecule has 0 aliphatic carbocycles. The first-order valence-corrected chi connectivity index (χ1v) is 12.2. The zero-order valence-corrected chi connectivity index (χ0v) is 20.0. The van der Waals surface area contributed by atoms with E-state index in [9.17, 15) is 4.79 Å². The van der Waals surface area contributed by atoms with E-state index in [1.165, 1.54) is 28.1 Å². The van der Waals surface area contributed by atoms with Crippen LogP contribution in [-0.4, -0.2) is 45.2 Å². The van der Waals surface area contributed by atoms with Crippen LogP contribution in [0.5, 0.6) is 5.75 Å². The minimum absolute atomic E-state index is 0.0704. The second kappa shape index (κ2) is 9.80. The number of amides is 1. The summed E-state index contributed by atoms with van der Waals surface area (Å²) in [6.07, 6.45) is 1.59. The Morgan fingerprint density at radius 1 is 1.00 bits per heavy atom. The fourth-order valence-electron chi connectivity index (χ4n) is 5.30. The monoisotopic (exact) mass is 455 g/mol. The molecule has 1 N–H and O–H groups in total. The van der Waals surface area contributed by atoms with Crippen molar-refractivity contribution in [3.05, 3.63) is 89.5 Å². The number of fused-ring (bicyclic) bond motifs is 3. The number of hydrogen-bond acceptors (Lipinski definition) is 4. The maximum Gasteiger partial charge on any atom is 0.225 e. The van der Waals surface area contributed by atoms with Gasteiger partial charge in [-0.3, -0.25) is 4.79 Å². The average molecular weight is 456 g/mol. The predicted octanol–water partition coefficient (Wildman–Crippen LogP) is 4.23. The normalized spacial score (nSPS) is 19.2. The third-order valence-corrected chi connectivity index (χ3v) is 7.23. The molecule has 2 atom stereocenters. The van der Waals surface area contributed by atoms with Crippen LogP contribution in [0.3, 0.4) is 0 Å². The number of anilines is 2. The average Bonchev–Trinajstić information content (AvgIpc) is 2.88. The number of nitrogens with zero attached hydrogens (tertiary/aromatic N) is 2. The lowest BCUT2D eigenvalue weighted by molar-refractivity contribution is -0.125. The third kappa shape index (κ3) is 4.60. The van der Waals surface area contributed by atoms with Crippen molar-refractivity contribution in [1.82, 2.24) is 5.32 Å². The number of carbonyl (C=O) groups is 1. The molecule has 2 aliphatic heterocycles. The second-order valence-corrected chi connectivity index (χ2v) is 9.37. The molecule has 1 amide bonds. The van der Waals surface area contributed by atoms with Gasteiger partial charge in [0.15, 0.2) is 0 Å². The van der Waals surface area contributed by atoms with Gasteiger partial charge in [0.25, 0.3) is 0 Å². The fraction of sp³-hybridized carbons (Fsp3) is 0.345. The predicted molar refractivity (Wildman–Crippen MR) is 138 cm³/mol. The van der Waals surface area contributed by atoms with Gasteiger partial charge in [-0.15, -0.1) is 0 Å². The second-order valence-electron chi connectivity index (χ2n) is 9.37. The Hall–Kier alpha value is -3.47. The zero-order valence-electron chi connectivity index (χ0n) is 20.0. The molecule has 1 saturated heterocycles. The number of hydrogen-bond donors (Lipinski definition) is 1. The first kappa shape index (κ1) is 22.3. The van der Waals surface area contributed by atoms with E-state index in [0.717, 1.165) is 38.2 Å². The van der Waals surface area contributed by atoms with Crippen LogP contribution >= 0.6 is 0 Å². The largest absolute Gasteiger partial charge is 0.497 e. The summed E-state index contributed by atoms with van der Waals surface area (Å²) < 4.78 is 5.24. The van der Waals surface area contributed by atoms with Gasteiger partial charge in [0.05, 0.1) is 19.1 Å². The number of piperazine rings is 1. The van der Waals surface area contributed by atoms with Crippen LogP contribution in [0.4, 0.5) is 11.4 Å². The van der Waals surface area contributed by atoms with Gasteiger partial charge >= 0.3 is 0 Å². The molecule has 176 valence electrons. The lowest BCUT2D eigenvalue weighted by Gasteiger charge is -2.49. The molecule has 5 heteroatoms. The Balaban J connectivity index is 1.31. The quantitative estimate of drug-likeness (QED) is 0.604. The Bertz CT molecular complexity index is 1130. The molecule has 0 unspecified atom stereocenters. The van der Waals surface area contributed by atoms with E-state index >= 15 is 0 Å². The SMILES string of the molecule is COc1ccc(CCNC(=O)[C@@H]2Cc3ccccc3N3CCN(c4ccc(C)cc4)C[C@@H]23)cc1. The zero-order chi connectivity index (χ0) is 23.5. The molecule has 0 saturated carbocycles. The molecule has 2 aliphatic rings. The van der Waals surface area contributed by atoms with Gasteiger partial charge < -0.3 is 19.9 Å². The number of ether oxygens (including phenoxy) is 1. The maximum atomic E-state index is 13.5. The van der Waals surface area contributed by atoms with Crippen LogP contribution in [0, 0.1) is 12.8 Å². The lowest BCUT2D eigenvalue weighted by atomic mass is 9.83. The minimum atomic E-state index is -0.0704. The van der Waals surface area contributed by atoms with Gasteiger partial charge in [0.1, 0.15) is 5.75 Å². The highest BCUT2D eigenvalue weighted by Crippen LogP contribution is 2.37. The van der Waals surface area contributed by atoms with E-state index < -0.39 is 0 Å². The van der Waals surface area contributed by atoms with E-state index in [-0.39, 0.29) is 17.9 Å². The Kier molecular flexibility index (Phi) is 6.43. The first-order chi connectivity index (χ1) is 16.6. The van der Waals surface area contributed by atoms with Crippen molar-refractivity contribution in [3.8, 4) is 5.75 Å². The Morgan fingerprint density at radius 3 is 2.53 bits per heavy atom. The van der Waals surface area contributed by atoms with Crippen molar-refractivity contribution in [1.29, 1.82) is 0 Å². The number of benzene rings is 3. The number of rotatable bonds is 6. The summed E-state index contributed by atoms with van der Waals surface area (Å²) in [6.45, 7) is 5.49. The van der Waals surface area contributed by atoms with Crippen molar-refractivity contribution in [2.75, 3.05) is 43.1 Å². The smallest absolute Gasteiger partial charge is 0.225 e. The molecular weight excluding hydrogens is 422 g/mol. The van der Waals surface area contributed by atoms with Crippen LogP contribution < -0.4 is 19.9 Å². The molecule has 34 heavy (non-hydrogen) atoms. The summed E-state index contributed by atoms with van der Waals surface area (Å²) in [7, 11) is 1.67. The molecule has 0 radical (unpaired) electrons. The number of aryl methyl sites for hydroxylation is 1. The Labute approximate surface area is 202 Å². The number of para-hydroxylation sites is 1. The van der Waals surface area contributed by atoms with Crippen molar-refractivity contribution in [2.24, 2.45) is 5.92 Å². The molecule has 2 heterocycles. The van der Waals surface area contributed by atoms with Crippen molar-refractivity contribution < 1.29 is 9.53 Å². The fourth-order valence-corrected chi connectivity index (χ4v) is 5.30. The molecule has 1 fully saturated rings. The summed E-state index contributed by atoms with van der Waals surface area (Å²) >= 11 is 0. The molecule has 0 bridgehead atoms. The molecule has 3 aromatic rings. The van der Waals surface area contributed by atoms with Crippen LogP contribution in [0.15, 0.2) is 72.8 Å². The van der Waals surface area contributed by atoms with Crippen molar-refractivity contribution in [2.45, 2.75) is 25.8 Å². The summed E-state index contributed by atoms with van der Waals surface area (Å²) in [4.78, 5) is 18.4. The minimum Gasteiger partial charge on any atom is -0.497 e. The van der Waals surface area contributed by atoms with Gasteiger partial charge in [0, 0.05) is 37.6 Å². The number of carbonyl (C=O) groups excluding carboxylic acids is 1. The molecule has 0 aromatic heterocycles. The van der Waals surface area contributed by atoms with Gasteiger partial charge in [-0.2, -0.15) is 0 Å². The highest BCUT2D eigenvalue weighted by molar-refractivity contribution is 5.82. The van der Waals surface area contributed by atoms with E-state index in [2.05, 4.69) is 82.7 Å². The lowest BCUT2D eigenvalue weighted by Crippen LogP contribution is -2.61. The standard InChI is InChI=1S/C29H33N3O2/c1-21-7-11-24(12-8-21)31-17-18-32-27-6-4-3-5-23(27)19-26(28(32)20-31)29(33)30-16-15-22-9-13-25(34-2)14-10-22/h3-14,26,28H,15-20H2,1-2H3,(H,30,33)/t26-,28+/m1/s1. The van der Waals surface area contributed by atoms with E-state index in [1.54, 1.807) is 7.11 Å². The maximum absolute atomic E-state index is 13.5. The Morgan fingerprint density at radius 2 is 1.76 bits per heavy atom. The highest BCUT2D eigenvalue weighted by Gasteiger charge is 2.41. The van der Waals surface area contributed by atoms with E-state index in [1.807, 2.05) is 12.1 Å². The summed E-state index contributed by atoms with van der Waals surface area (Å²) in [5.41, 5.74) is 6.27. The van der Waals surface area contributed by atoms with Crippen molar-refractivity contribution in [3.63, 3.8) is 0 Å². The summed E-state index contributed by atoms with van der Waals surface area (Å²) in [5.74, 6) is 0.937. The van der Waals surface area contributed by atoms with Gasteiger partial charge in [0.2, 0.25) is 5.91 Å². The van der Waals surface area contributed by atoms with Crippen LogP contribution in [0.25, 0.3) is 0 Å². The molecular formula is C29H33N3O2. The molecule has 3 aromatic carbocycles. The summed E-state index contributed by atoms with van der Waals surface area (Å²) in [6, 6.07) is 25.5. The molecule has 5 nitrogen and oxygen atoms in total. The molecule has 0 spiro atoms. The topological polar surface area (TPSA) is 44.8 Å². The molecule has 5 rings (SSSR count). The van der Waals surface area contributed by atoms with Gasteiger partial charge in [-0.05, 0) is 61.2 Å². The third-order valence-electron chi connectivity index (χ3n) is 7.23. The van der Waals surface area contributed by atoms with E-state index in [0.29, 0.717) is 6.54 Å². The van der Waals surface area contributed by atoms with E-state index in [4.69, 9.17) is 4.74 Å². The van der Waals surface area contributed by atoms with Gasteiger partial charge in [-0.25, -0.2) is 0 Å². The number of methoxy groups -OCH3 is 1. The van der Waals surface area contributed by atoms with Gasteiger partial charge in [-0.1, -0.05) is 48.0 Å². The first-order valence-electron chi connectivity index (χ1n) is 12.2. The van der Waals surface area contributed by atoms with Crippen LogP contribution in [-0.2, 0) is 17.6 Å². The highest BCUT2D eigenvalue weighted by atomic mass is 16.5. The van der Waals surface area contributed by atoms with Crippen molar-refractivity contribution >= 4 is 17.3 Å². The van der Waals surface area contributed by atoms with Crippen LogP contribution in [0.2, 0.25) is 0 Å². The van der Waals surface area contributed by atoms with Crippen LogP contribution in [0.1, 0.15) is 16.7 Å².